The van der Waals surface area contributed by atoms with Crippen molar-refractivity contribution in [3.63, 3.8) is 0 Å². The fourth-order valence-corrected chi connectivity index (χ4v) is 1.26. The summed E-state index contributed by atoms with van der Waals surface area (Å²) in [5, 5.41) is 3.35. The fourth-order valence-electron chi connectivity index (χ4n) is 0.779. The van der Waals surface area contributed by atoms with E-state index in [-0.39, 0.29) is 0 Å². The average Bonchev–Trinajstić information content (AvgIpc) is 2.12. The van der Waals surface area contributed by atoms with Gasteiger partial charge in [-0.1, -0.05) is 23.2 Å². The minimum absolute atomic E-state index is 0.385. The average molecular weight is 293 g/mol. The van der Waals surface area contributed by atoms with E-state index >= 15 is 0 Å². The van der Waals surface area contributed by atoms with E-state index < -0.39 is 5.91 Å². The second-order valence-corrected chi connectivity index (χ2v) is 3.51. The molecule has 5 heteroatoms. The van der Waals surface area contributed by atoms with Gasteiger partial charge in [0, 0.05) is 27.5 Å². The van der Waals surface area contributed by atoms with Crippen molar-refractivity contribution in [1.82, 2.24) is 0 Å². The Morgan fingerprint density at radius 1 is 1.36 bits per heavy atom. The van der Waals surface area contributed by atoms with E-state index in [1.54, 1.807) is 18.2 Å². The molecule has 1 amide bonds. The number of carbonyl (C=O) groups excluding carboxylic acids is 1. The van der Waals surface area contributed by atoms with Gasteiger partial charge in [0.15, 0.2) is 0 Å². The minimum Gasteiger partial charge on any atom is -0.315 e. The predicted molar refractivity (Wildman–Crippen MR) is 61.8 cm³/mol. The lowest BCUT2D eigenvalue weighted by Gasteiger charge is -2.01. The first kappa shape index (κ1) is 11.4. The number of carbonyl (C=O) groups is 1. The topological polar surface area (TPSA) is 29.1 Å². The summed E-state index contributed by atoms with van der Waals surface area (Å²) in [5.74, 6) is 1.85. The highest BCUT2D eigenvalue weighted by molar-refractivity contribution is 9.12. The Kier molecular flexibility index (Phi) is 4.27. The van der Waals surface area contributed by atoms with Crippen molar-refractivity contribution in [2.24, 2.45) is 0 Å². The highest BCUT2D eigenvalue weighted by Crippen LogP contribution is 2.24. The zero-order valence-corrected chi connectivity index (χ0v) is 9.87. The van der Waals surface area contributed by atoms with Crippen molar-refractivity contribution in [1.29, 1.82) is 0 Å². The Hall–Kier alpha value is -0.690. The van der Waals surface area contributed by atoms with Crippen LogP contribution in [0.5, 0.6) is 0 Å². The molecule has 1 aromatic carbocycles. The quantitative estimate of drug-likeness (QED) is 0.791. The molecule has 1 rings (SSSR count). The van der Waals surface area contributed by atoms with Gasteiger partial charge in [0.1, 0.15) is 0 Å². The molecule has 72 valence electrons. The van der Waals surface area contributed by atoms with Crippen LogP contribution >= 0.6 is 39.1 Å². The standard InChI is InChI=1S/C9H4BrCl2NO/c10-4-3-9(14)13-6-1-2-7(11)8(12)5-6/h1-2,5H,(H,13,14). The van der Waals surface area contributed by atoms with Crippen LogP contribution in [0.3, 0.4) is 0 Å². The first-order valence-electron chi connectivity index (χ1n) is 3.51. The number of rotatable bonds is 1. The van der Waals surface area contributed by atoms with E-state index in [0.29, 0.717) is 15.7 Å². The summed E-state index contributed by atoms with van der Waals surface area (Å²) in [4.78, 5) is 13.3. The van der Waals surface area contributed by atoms with E-state index in [1.807, 2.05) is 0 Å². The molecular weight excluding hydrogens is 289 g/mol. The Morgan fingerprint density at radius 3 is 2.64 bits per heavy atom. The molecule has 14 heavy (non-hydrogen) atoms. The van der Waals surface area contributed by atoms with Gasteiger partial charge in [-0.25, -0.2) is 0 Å². The number of halogens is 3. The number of amides is 1. The molecule has 1 aromatic rings. The summed E-state index contributed by atoms with van der Waals surface area (Å²) in [6, 6.07) is 4.79. The Labute approximate surface area is 99.7 Å². The van der Waals surface area contributed by atoms with Gasteiger partial charge in [0.25, 0.3) is 0 Å². The summed E-state index contributed by atoms with van der Waals surface area (Å²) in [7, 11) is 0. The Balaban J connectivity index is 2.81. The van der Waals surface area contributed by atoms with Crippen molar-refractivity contribution in [2.45, 2.75) is 0 Å². The lowest BCUT2D eigenvalue weighted by Crippen LogP contribution is -2.07. The Morgan fingerprint density at radius 2 is 2.07 bits per heavy atom. The predicted octanol–water partition coefficient (Wildman–Crippen LogP) is 3.29. The lowest BCUT2D eigenvalue weighted by atomic mass is 10.3. The summed E-state index contributed by atoms with van der Waals surface area (Å²) in [5.41, 5.74) is 0.555. The lowest BCUT2D eigenvalue weighted by molar-refractivity contribution is -0.111. The van der Waals surface area contributed by atoms with Crippen molar-refractivity contribution in [3.05, 3.63) is 28.2 Å². The van der Waals surface area contributed by atoms with E-state index in [0.717, 1.165) is 0 Å². The molecule has 0 bridgehead atoms. The minimum atomic E-state index is -0.416. The van der Waals surface area contributed by atoms with Crippen LogP contribution in [-0.2, 0) is 4.79 Å². The normalized spacial score (nSPS) is 8.79. The van der Waals surface area contributed by atoms with Crippen LogP contribution in [0.2, 0.25) is 10.0 Å². The maximum Gasteiger partial charge on any atom is 0.301 e. The van der Waals surface area contributed by atoms with Crippen LogP contribution in [0, 0.1) is 10.8 Å². The molecule has 0 aliphatic heterocycles. The molecule has 1 N–H and O–H groups in total. The fraction of sp³-hybridized carbons (Fsp3) is 0. The van der Waals surface area contributed by atoms with Crippen molar-refractivity contribution >= 4 is 50.7 Å². The smallest absolute Gasteiger partial charge is 0.301 e. The van der Waals surface area contributed by atoms with E-state index in [9.17, 15) is 4.79 Å². The maximum absolute atomic E-state index is 11.0. The van der Waals surface area contributed by atoms with Gasteiger partial charge in [0.2, 0.25) is 0 Å². The molecule has 0 unspecified atom stereocenters. The molecule has 0 saturated heterocycles. The van der Waals surface area contributed by atoms with Crippen LogP contribution in [0.25, 0.3) is 0 Å². The van der Waals surface area contributed by atoms with Gasteiger partial charge in [-0.3, -0.25) is 4.79 Å². The van der Waals surface area contributed by atoms with Gasteiger partial charge >= 0.3 is 5.91 Å². The molecule has 0 aromatic heterocycles. The largest absolute Gasteiger partial charge is 0.315 e. The molecule has 0 radical (unpaired) electrons. The number of hydrogen-bond acceptors (Lipinski definition) is 1. The molecule has 0 aliphatic rings. The third-order valence-corrected chi connectivity index (χ3v) is 2.28. The van der Waals surface area contributed by atoms with Gasteiger partial charge in [-0.15, -0.1) is 0 Å². The zero-order chi connectivity index (χ0) is 10.6. The summed E-state index contributed by atoms with van der Waals surface area (Å²) in [6.07, 6.45) is 0. The third-order valence-electron chi connectivity index (χ3n) is 1.34. The number of benzene rings is 1. The van der Waals surface area contributed by atoms with Gasteiger partial charge < -0.3 is 5.32 Å². The van der Waals surface area contributed by atoms with Crippen LogP contribution in [0.1, 0.15) is 0 Å². The number of anilines is 1. The number of nitrogens with one attached hydrogen (secondary N) is 1. The van der Waals surface area contributed by atoms with Gasteiger partial charge in [-0.05, 0) is 23.0 Å². The van der Waals surface area contributed by atoms with Crippen molar-refractivity contribution < 1.29 is 4.79 Å². The van der Waals surface area contributed by atoms with E-state index in [2.05, 4.69) is 32.0 Å². The van der Waals surface area contributed by atoms with Crippen molar-refractivity contribution in [2.75, 3.05) is 5.32 Å². The van der Waals surface area contributed by atoms with Gasteiger partial charge in [0.05, 0.1) is 10.0 Å². The summed E-state index contributed by atoms with van der Waals surface area (Å²) >= 11 is 14.3. The third kappa shape index (κ3) is 3.22. The second kappa shape index (κ2) is 5.26. The summed E-state index contributed by atoms with van der Waals surface area (Å²) < 4.78 is 0. The van der Waals surface area contributed by atoms with Crippen LogP contribution in [0.4, 0.5) is 5.69 Å². The zero-order valence-electron chi connectivity index (χ0n) is 6.77. The molecular formula is C9H4BrCl2NO. The maximum atomic E-state index is 11.0. The molecule has 0 fully saturated rings. The first-order valence-corrected chi connectivity index (χ1v) is 5.06. The SMILES string of the molecule is O=C(C#CBr)Nc1ccc(Cl)c(Cl)c1. The van der Waals surface area contributed by atoms with Crippen LogP contribution in [0.15, 0.2) is 18.2 Å². The van der Waals surface area contributed by atoms with Crippen LogP contribution in [-0.4, -0.2) is 5.91 Å². The first-order chi connectivity index (χ1) is 6.63. The molecule has 0 spiro atoms. The van der Waals surface area contributed by atoms with Crippen molar-refractivity contribution in [3.8, 4) is 10.8 Å². The van der Waals surface area contributed by atoms with Crippen LogP contribution < -0.4 is 5.32 Å². The monoisotopic (exact) mass is 291 g/mol. The van der Waals surface area contributed by atoms with E-state index in [1.165, 1.54) is 0 Å². The molecule has 0 saturated carbocycles. The molecule has 2 nitrogen and oxygen atoms in total. The molecule has 0 heterocycles. The summed E-state index contributed by atoms with van der Waals surface area (Å²) in [6.45, 7) is 0. The van der Waals surface area contributed by atoms with Gasteiger partial charge in [-0.2, -0.15) is 0 Å². The second-order valence-electron chi connectivity index (χ2n) is 2.30. The molecule has 0 atom stereocenters. The Bertz CT molecular complexity index is 423. The molecule has 0 aliphatic carbocycles. The van der Waals surface area contributed by atoms with E-state index in [4.69, 9.17) is 23.2 Å². The highest BCUT2D eigenvalue weighted by atomic mass is 79.9. The number of hydrogen-bond donors (Lipinski definition) is 1. The highest BCUT2D eigenvalue weighted by Gasteiger charge is 2.01.